The van der Waals surface area contributed by atoms with Crippen LogP contribution in [-0.4, -0.2) is 0 Å². The molecule has 0 bridgehead atoms. The highest BCUT2D eigenvalue weighted by molar-refractivity contribution is 6.31. The molecule has 1 aromatic carbocycles. The minimum Gasteiger partial charge on any atom is -0.324 e. The van der Waals surface area contributed by atoms with Crippen molar-refractivity contribution in [2.75, 3.05) is 0 Å². The van der Waals surface area contributed by atoms with E-state index in [1.165, 1.54) is 18.4 Å². The number of rotatable bonds is 3. The van der Waals surface area contributed by atoms with Gasteiger partial charge in [-0.15, -0.1) is 12.4 Å². The molecule has 0 radical (unpaired) electrons. The van der Waals surface area contributed by atoms with Crippen molar-refractivity contribution in [2.24, 2.45) is 11.7 Å². The van der Waals surface area contributed by atoms with Gasteiger partial charge in [-0.2, -0.15) is 0 Å². The van der Waals surface area contributed by atoms with Gasteiger partial charge < -0.3 is 5.73 Å². The van der Waals surface area contributed by atoms with Gasteiger partial charge in [0.1, 0.15) is 0 Å². The highest BCUT2D eigenvalue weighted by atomic mass is 35.5. The van der Waals surface area contributed by atoms with Crippen LogP contribution in [0.25, 0.3) is 0 Å². The van der Waals surface area contributed by atoms with E-state index in [0.717, 1.165) is 22.9 Å². The maximum absolute atomic E-state index is 6.15. The van der Waals surface area contributed by atoms with Gasteiger partial charge in [0.2, 0.25) is 0 Å². The van der Waals surface area contributed by atoms with Crippen LogP contribution in [0.4, 0.5) is 0 Å². The molecule has 0 amide bonds. The molecule has 15 heavy (non-hydrogen) atoms. The number of hydrogen-bond donors (Lipinski definition) is 1. The molecule has 0 unspecified atom stereocenters. The van der Waals surface area contributed by atoms with Crippen molar-refractivity contribution in [1.82, 2.24) is 0 Å². The molecule has 2 N–H and O–H groups in total. The summed E-state index contributed by atoms with van der Waals surface area (Å²) in [5.41, 5.74) is 8.51. The number of nitrogens with two attached hydrogens (primary N) is 1. The molecule has 3 heteroatoms. The van der Waals surface area contributed by atoms with Gasteiger partial charge in [-0.25, -0.2) is 0 Å². The summed E-state index contributed by atoms with van der Waals surface area (Å²) < 4.78 is 0. The molecule has 0 aromatic heterocycles. The van der Waals surface area contributed by atoms with Crippen LogP contribution < -0.4 is 5.73 Å². The second-order valence-electron chi connectivity index (χ2n) is 4.26. The van der Waals surface area contributed by atoms with Gasteiger partial charge in [-0.1, -0.05) is 36.6 Å². The summed E-state index contributed by atoms with van der Waals surface area (Å²) in [6.45, 7) is 2.08. The molecule has 0 heterocycles. The molecule has 1 aliphatic rings. The zero-order valence-electron chi connectivity index (χ0n) is 8.87. The molecule has 1 fully saturated rings. The Morgan fingerprint density at radius 1 is 1.47 bits per heavy atom. The van der Waals surface area contributed by atoms with Crippen LogP contribution in [0.2, 0.25) is 5.02 Å². The molecule has 0 saturated heterocycles. The Hall–Kier alpha value is -0.240. The molecule has 1 atom stereocenters. The molecular formula is C12H17Cl2N. The van der Waals surface area contributed by atoms with Crippen LogP contribution in [0.15, 0.2) is 18.2 Å². The van der Waals surface area contributed by atoms with Crippen molar-refractivity contribution in [3.05, 3.63) is 34.3 Å². The summed E-state index contributed by atoms with van der Waals surface area (Å²) in [4.78, 5) is 0. The lowest BCUT2D eigenvalue weighted by Crippen LogP contribution is -2.13. The monoisotopic (exact) mass is 245 g/mol. The van der Waals surface area contributed by atoms with Gasteiger partial charge in [0.05, 0.1) is 0 Å². The Kier molecular flexibility index (Phi) is 4.45. The molecule has 2 rings (SSSR count). The lowest BCUT2D eigenvalue weighted by atomic mass is 9.98. The van der Waals surface area contributed by atoms with Crippen molar-refractivity contribution in [3.8, 4) is 0 Å². The van der Waals surface area contributed by atoms with Gasteiger partial charge in [0.15, 0.2) is 0 Å². The second kappa shape index (κ2) is 5.20. The molecule has 0 spiro atoms. The van der Waals surface area contributed by atoms with Gasteiger partial charge >= 0.3 is 0 Å². The van der Waals surface area contributed by atoms with Gasteiger partial charge in [-0.05, 0) is 36.5 Å². The first-order chi connectivity index (χ1) is 6.68. The standard InChI is InChI=1S/C12H16ClN.ClH/c1-8-3-2-4-10(13)12(8)11(14)7-9-5-6-9;/h2-4,9,11H,5-7,14H2,1H3;1H/t11-;/m0./s1. The average Bonchev–Trinajstić information content (AvgIpc) is 2.87. The summed E-state index contributed by atoms with van der Waals surface area (Å²) in [5, 5.41) is 0.818. The molecule has 84 valence electrons. The summed E-state index contributed by atoms with van der Waals surface area (Å²) >= 11 is 6.15. The maximum atomic E-state index is 6.15. The maximum Gasteiger partial charge on any atom is 0.0456 e. The van der Waals surface area contributed by atoms with Crippen molar-refractivity contribution in [1.29, 1.82) is 0 Å². The van der Waals surface area contributed by atoms with Crippen LogP contribution in [0.3, 0.4) is 0 Å². The lowest BCUT2D eigenvalue weighted by molar-refractivity contribution is 0.594. The Labute approximate surface area is 102 Å². The van der Waals surface area contributed by atoms with Crippen LogP contribution in [0, 0.1) is 12.8 Å². The molecule has 1 saturated carbocycles. The fourth-order valence-corrected chi connectivity index (χ4v) is 2.31. The zero-order chi connectivity index (χ0) is 10.1. The normalized spacial score (nSPS) is 17.0. The van der Waals surface area contributed by atoms with E-state index in [-0.39, 0.29) is 18.4 Å². The SMILES string of the molecule is Cc1cccc(Cl)c1[C@@H](N)CC1CC1.Cl. The van der Waals surface area contributed by atoms with Gasteiger partial charge in [-0.3, -0.25) is 0 Å². The minimum atomic E-state index is 0. The van der Waals surface area contributed by atoms with E-state index in [4.69, 9.17) is 17.3 Å². The van der Waals surface area contributed by atoms with E-state index in [1.807, 2.05) is 12.1 Å². The fourth-order valence-electron chi connectivity index (χ4n) is 1.94. The average molecular weight is 246 g/mol. The summed E-state index contributed by atoms with van der Waals surface area (Å²) in [5.74, 6) is 0.848. The summed E-state index contributed by atoms with van der Waals surface area (Å²) in [7, 11) is 0. The number of halogens is 2. The molecular weight excluding hydrogens is 229 g/mol. The van der Waals surface area contributed by atoms with E-state index in [0.29, 0.717) is 0 Å². The van der Waals surface area contributed by atoms with Gasteiger partial charge in [0, 0.05) is 11.1 Å². The van der Waals surface area contributed by atoms with Crippen LogP contribution >= 0.6 is 24.0 Å². The number of benzene rings is 1. The first kappa shape index (κ1) is 12.8. The minimum absolute atomic E-state index is 0. The second-order valence-corrected chi connectivity index (χ2v) is 4.66. The number of hydrogen-bond acceptors (Lipinski definition) is 1. The van der Waals surface area contributed by atoms with Crippen LogP contribution in [-0.2, 0) is 0 Å². The van der Waals surface area contributed by atoms with Crippen molar-refractivity contribution < 1.29 is 0 Å². The van der Waals surface area contributed by atoms with E-state index in [1.54, 1.807) is 0 Å². The van der Waals surface area contributed by atoms with E-state index < -0.39 is 0 Å². The Morgan fingerprint density at radius 2 is 2.13 bits per heavy atom. The van der Waals surface area contributed by atoms with Crippen LogP contribution in [0.5, 0.6) is 0 Å². The third kappa shape index (κ3) is 3.10. The molecule has 1 aliphatic carbocycles. The summed E-state index contributed by atoms with van der Waals surface area (Å²) in [6, 6.07) is 6.10. The lowest BCUT2D eigenvalue weighted by Gasteiger charge is -2.15. The molecule has 0 aliphatic heterocycles. The highest BCUT2D eigenvalue weighted by Gasteiger charge is 2.25. The molecule has 1 aromatic rings. The Balaban J connectivity index is 0.00000112. The smallest absolute Gasteiger partial charge is 0.0456 e. The predicted molar refractivity (Wildman–Crippen MR) is 67.7 cm³/mol. The van der Waals surface area contributed by atoms with E-state index >= 15 is 0 Å². The topological polar surface area (TPSA) is 26.0 Å². The van der Waals surface area contributed by atoms with Gasteiger partial charge in [0.25, 0.3) is 0 Å². The quantitative estimate of drug-likeness (QED) is 0.860. The highest BCUT2D eigenvalue weighted by Crippen LogP contribution is 2.38. The van der Waals surface area contributed by atoms with Crippen LogP contribution in [0.1, 0.15) is 36.4 Å². The Bertz CT molecular complexity index is 314. The van der Waals surface area contributed by atoms with Crippen molar-refractivity contribution in [2.45, 2.75) is 32.2 Å². The van der Waals surface area contributed by atoms with Crippen molar-refractivity contribution in [3.63, 3.8) is 0 Å². The molecule has 1 nitrogen and oxygen atoms in total. The zero-order valence-corrected chi connectivity index (χ0v) is 10.4. The third-order valence-corrected chi connectivity index (χ3v) is 3.26. The largest absolute Gasteiger partial charge is 0.324 e. The number of aryl methyl sites for hydroxylation is 1. The summed E-state index contributed by atoms with van der Waals surface area (Å²) in [6.07, 6.45) is 3.78. The first-order valence-corrected chi connectivity index (χ1v) is 5.57. The van der Waals surface area contributed by atoms with E-state index in [2.05, 4.69) is 13.0 Å². The first-order valence-electron chi connectivity index (χ1n) is 5.19. The van der Waals surface area contributed by atoms with Crippen molar-refractivity contribution >= 4 is 24.0 Å². The fraction of sp³-hybridized carbons (Fsp3) is 0.500. The van der Waals surface area contributed by atoms with E-state index in [9.17, 15) is 0 Å². The third-order valence-electron chi connectivity index (χ3n) is 2.93. The Morgan fingerprint density at radius 3 is 2.67 bits per heavy atom. The predicted octanol–water partition coefficient (Wildman–Crippen LogP) is 3.87.